The lowest BCUT2D eigenvalue weighted by molar-refractivity contribution is -0.117. The maximum Gasteiger partial charge on any atom is 0.242 e. The Kier molecular flexibility index (Phi) is 4.67. The van der Waals surface area contributed by atoms with Gasteiger partial charge in [0.05, 0.1) is 10.9 Å². The first-order valence-corrected chi connectivity index (χ1v) is 7.20. The van der Waals surface area contributed by atoms with Crippen LogP contribution in [0, 0.1) is 6.92 Å². The van der Waals surface area contributed by atoms with Crippen LogP contribution in [0.25, 0.3) is 0 Å². The molecule has 6 nitrogen and oxygen atoms in total. The second-order valence-electron chi connectivity index (χ2n) is 4.55. The molecule has 0 bridgehead atoms. The summed E-state index contributed by atoms with van der Waals surface area (Å²) in [4.78, 5) is 11.7. The zero-order valence-corrected chi connectivity index (χ0v) is 12.3. The summed E-state index contributed by atoms with van der Waals surface area (Å²) in [5.41, 5.74) is 6.48. The molecule has 0 aromatic heterocycles. The van der Waals surface area contributed by atoms with Gasteiger partial charge in [0.25, 0.3) is 0 Å². The van der Waals surface area contributed by atoms with Crippen molar-refractivity contribution >= 4 is 21.6 Å². The van der Waals surface area contributed by atoms with Gasteiger partial charge in [0.2, 0.25) is 15.9 Å². The normalized spacial score (nSPS) is 13.4. The second-order valence-corrected chi connectivity index (χ2v) is 6.67. The van der Waals surface area contributed by atoms with E-state index in [-0.39, 0.29) is 10.8 Å². The van der Waals surface area contributed by atoms with Crippen LogP contribution < -0.4 is 11.1 Å². The summed E-state index contributed by atoms with van der Waals surface area (Å²) in [7, 11) is -0.615. The van der Waals surface area contributed by atoms with Gasteiger partial charge in [0.1, 0.15) is 0 Å². The number of carbonyl (C=O) groups excluding carboxylic acids is 1. The zero-order chi connectivity index (χ0) is 14.8. The number of nitrogens with zero attached hydrogens (tertiary/aromatic N) is 1. The molecular weight excluding hydrogens is 266 g/mol. The van der Waals surface area contributed by atoms with E-state index in [0.717, 1.165) is 4.31 Å². The van der Waals surface area contributed by atoms with Gasteiger partial charge in [0.15, 0.2) is 0 Å². The Morgan fingerprint density at radius 3 is 2.42 bits per heavy atom. The summed E-state index contributed by atoms with van der Waals surface area (Å²) in [5.74, 6) is -0.364. The molecule has 0 saturated carbocycles. The zero-order valence-electron chi connectivity index (χ0n) is 11.5. The van der Waals surface area contributed by atoms with E-state index in [1.54, 1.807) is 26.0 Å². The second kappa shape index (κ2) is 5.68. The summed E-state index contributed by atoms with van der Waals surface area (Å²) in [5, 5.41) is 2.57. The molecule has 1 atom stereocenters. The number of nitrogens with one attached hydrogen (secondary N) is 1. The van der Waals surface area contributed by atoms with Gasteiger partial charge in [0, 0.05) is 19.8 Å². The molecule has 1 aromatic carbocycles. The van der Waals surface area contributed by atoms with Gasteiger partial charge < -0.3 is 11.1 Å². The molecule has 1 aromatic rings. The smallest absolute Gasteiger partial charge is 0.242 e. The van der Waals surface area contributed by atoms with Crippen LogP contribution in [0.4, 0.5) is 5.69 Å². The molecule has 1 amide bonds. The van der Waals surface area contributed by atoms with E-state index in [9.17, 15) is 13.2 Å². The number of hydrogen-bond acceptors (Lipinski definition) is 4. The van der Waals surface area contributed by atoms with E-state index >= 15 is 0 Å². The molecule has 0 radical (unpaired) electrons. The molecule has 0 fully saturated rings. The summed E-state index contributed by atoms with van der Waals surface area (Å²) < 4.78 is 25.4. The largest absolute Gasteiger partial charge is 0.325 e. The summed E-state index contributed by atoms with van der Waals surface area (Å²) in [6.07, 6.45) is 0. The molecule has 0 spiro atoms. The number of rotatable bonds is 4. The minimum Gasteiger partial charge on any atom is -0.325 e. The number of amides is 1. The minimum atomic E-state index is -3.54. The van der Waals surface area contributed by atoms with Crippen LogP contribution in [0.2, 0.25) is 0 Å². The molecule has 7 heteroatoms. The molecule has 19 heavy (non-hydrogen) atoms. The number of hydrogen-bond donors (Lipinski definition) is 2. The summed E-state index contributed by atoms with van der Waals surface area (Å²) >= 11 is 0. The van der Waals surface area contributed by atoms with Crippen LogP contribution >= 0.6 is 0 Å². The van der Waals surface area contributed by atoms with Gasteiger partial charge in [-0.1, -0.05) is 6.07 Å². The summed E-state index contributed by atoms with van der Waals surface area (Å²) in [6, 6.07) is 4.07. The van der Waals surface area contributed by atoms with Crippen molar-refractivity contribution < 1.29 is 13.2 Å². The Morgan fingerprint density at radius 1 is 1.37 bits per heavy atom. The number of benzene rings is 1. The predicted molar refractivity (Wildman–Crippen MR) is 74.3 cm³/mol. The van der Waals surface area contributed by atoms with E-state index < -0.39 is 16.1 Å². The van der Waals surface area contributed by atoms with Gasteiger partial charge >= 0.3 is 0 Å². The highest BCUT2D eigenvalue weighted by Gasteiger charge is 2.20. The van der Waals surface area contributed by atoms with Gasteiger partial charge in [-0.2, -0.15) is 0 Å². The number of anilines is 1. The highest BCUT2D eigenvalue weighted by Crippen LogP contribution is 2.22. The quantitative estimate of drug-likeness (QED) is 0.844. The first-order chi connectivity index (χ1) is 8.66. The van der Waals surface area contributed by atoms with Crippen molar-refractivity contribution in [3.8, 4) is 0 Å². The molecule has 1 unspecified atom stereocenters. The van der Waals surface area contributed by atoms with Crippen molar-refractivity contribution in [2.45, 2.75) is 24.8 Å². The van der Waals surface area contributed by atoms with E-state index in [4.69, 9.17) is 5.73 Å². The van der Waals surface area contributed by atoms with Crippen molar-refractivity contribution in [2.24, 2.45) is 5.73 Å². The van der Waals surface area contributed by atoms with Crippen molar-refractivity contribution in [1.82, 2.24) is 4.31 Å². The maximum absolute atomic E-state index is 12.1. The third kappa shape index (κ3) is 3.52. The fourth-order valence-corrected chi connectivity index (χ4v) is 2.55. The van der Waals surface area contributed by atoms with Crippen molar-refractivity contribution in [2.75, 3.05) is 19.4 Å². The van der Waals surface area contributed by atoms with Crippen LogP contribution in [0.5, 0.6) is 0 Å². The lowest BCUT2D eigenvalue weighted by Crippen LogP contribution is -2.32. The molecule has 0 heterocycles. The first-order valence-electron chi connectivity index (χ1n) is 5.76. The Balaban J connectivity index is 3.19. The standard InChI is InChI=1S/C12H19N3O3S/c1-8-5-6-10(14-12(16)9(2)13)7-11(8)19(17,18)15(3)4/h5-7,9H,13H2,1-4H3,(H,14,16). The van der Waals surface area contributed by atoms with Crippen LogP contribution in [-0.2, 0) is 14.8 Å². The average molecular weight is 285 g/mol. The molecule has 106 valence electrons. The van der Waals surface area contributed by atoms with Gasteiger partial charge in [-0.05, 0) is 31.5 Å². The van der Waals surface area contributed by atoms with Crippen LogP contribution in [0.15, 0.2) is 23.1 Å². The fourth-order valence-electron chi connectivity index (χ4n) is 1.41. The maximum atomic E-state index is 12.1. The third-order valence-electron chi connectivity index (χ3n) is 2.63. The minimum absolute atomic E-state index is 0.167. The monoisotopic (exact) mass is 285 g/mol. The lowest BCUT2D eigenvalue weighted by Gasteiger charge is -2.15. The average Bonchev–Trinajstić information content (AvgIpc) is 2.30. The summed E-state index contributed by atoms with van der Waals surface area (Å²) in [6.45, 7) is 3.26. The molecule has 1 rings (SSSR count). The van der Waals surface area contributed by atoms with E-state index in [1.165, 1.54) is 20.2 Å². The van der Waals surface area contributed by atoms with E-state index in [0.29, 0.717) is 11.3 Å². The highest BCUT2D eigenvalue weighted by atomic mass is 32.2. The Bertz CT molecular complexity index is 580. The van der Waals surface area contributed by atoms with Crippen molar-refractivity contribution in [1.29, 1.82) is 0 Å². The molecule has 0 aliphatic rings. The molecule has 3 N–H and O–H groups in total. The lowest BCUT2D eigenvalue weighted by atomic mass is 10.2. The topological polar surface area (TPSA) is 92.5 Å². The Morgan fingerprint density at radius 2 is 1.95 bits per heavy atom. The van der Waals surface area contributed by atoms with E-state index in [1.807, 2.05) is 0 Å². The molecular formula is C12H19N3O3S. The van der Waals surface area contributed by atoms with E-state index in [2.05, 4.69) is 5.32 Å². The van der Waals surface area contributed by atoms with Crippen LogP contribution in [-0.4, -0.2) is 38.8 Å². The number of nitrogens with two attached hydrogens (primary N) is 1. The van der Waals surface area contributed by atoms with Gasteiger partial charge in [-0.25, -0.2) is 12.7 Å². The fraction of sp³-hybridized carbons (Fsp3) is 0.417. The van der Waals surface area contributed by atoms with Crippen LogP contribution in [0.3, 0.4) is 0 Å². The SMILES string of the molecule is Cc1ccc(NC(=O)C(C)N)cc1S(=O)(=O)N(C)C. The highest BCUT2D eigenvalue weighted by molar-refractivity contribution is 7.89. The number of sulfonamides is 1. The number of carbonyl (C=O) groups is 1. The van der Waals surface area contributed by atoms with Gasteiger partial charge in [-0.3, -0.25) is 4.79 Å². The predicted octanol–water partition coefficient (Wildman–Crippen LogP) is 0.531. The van der Waals surface area contributed by atoms with Gasteiger partial charge in [-0.15, -0.1) is 0 Å². The Labute approximate surface area is 113 Å². The van der Waals surface area contributed by atoms with Crippen molar-refractivity contribution in [3.05, 3.63) is 23.8 Å². The molecule has 0 aliphatic heterocycles. The molecule has 0 saturated heterocycles. The third-order valence-corrected chi connectivity index (χ3v) is 4.58. The van der Waals surface area contributed by atoms with Crippen LogP contribution in [0.1, 0.15) is 12.5 Å². The van der Waals surface area contributed by atoms with Crippen molar-refractivity contribution in [3.63, 3.8) is 0 Å². The Hall–Kier alpha value is -1.44. The first kappa shape index (κ1) is 15.6. The number of aryl methyl sites for hydroxylation is 1. The molecule has 0 aliphatic carbocycles.